The quantitative estimate of drug-likeness (QED) is 0.543. The SMILES string of the molecule is CC(CO[Si](C)(C)C(C)(C)C)n1c(Br)cnc1CCl. The van der Waals surface area contributed by atoms with Gasteiger partial charge in [0.15, 0.2) is 8.32 Å². The molecule has 0 bridgehead atoms. The molecule has 1 heterocycles. The van der Waals surface area contributed by atoms with Crippen LogP contribution in [0.1, 0.15) is 39.6 Å². The predicted octanol–water partition coefficient (Wildman–Crippen LogP) is 4.97. The molecule has 0 aromatic carbocycles. The fourth-order valence-electron chi connectivity index (χ4n) is 1.56. The normalized spacial score (nSPS) is 14.7. The van der Waals surface area contributed by atoms with E-state index in [9.17, 15) is 0 Å². The van der Waals surface area contributed by atoms with Gasteiger partial charge in [0.25, 0.3) is 0 Å². The van der Waals surface area contributed by atoms with E-state index in [0.29, 0.717) is 12.5 Å². The maximum atomic E-state index is 6.26. The van der Waals surface area contributed by atoms with Gasteiger partial charge in [-0.15, -0.1) is 11.6 Å². The third kappa shape index (κ3) is 4.06. The lowest BCUT2D eigenvalue weighted by Gasteiger charge is -2.37. The highest BCUT2D eigenvalue weighted by Gasteiger charge is 2.37. The molecule has 1 aromatic rings. The van der Waals surface area contributed by atoms with Crippen LogP contribution in [-0.4, -0.2) is 24.5 Å². The van der Waals surface area contributed by atoms with Crippen molar-refractivity contribution in [3.63, 3.8) is 0 Å². The van der Waals surface area contributed by atoms with Gasteiger partial charge in [0.05, 0.1) is 24.7 Å². The highest BCUT2D eigenvalue weighted by Crippen LogP contribution is 2.37. The highest BCUT2D eigenvalue weighted by atomic mass is 79.9. The van der Waals surface area contributed by atoms with Gasteiger partial charge in [-0.2, -0.15) is 0 Å². The van der Waals surface area contributed by atoms with Gasteiger partial charge in [-0.1, -0.05) is 20.8 Å². The Kier molecular flexibility index (Phi) is 5.69. The molecule has 0 N–H and O–H groups in total. The molecule has 0 spiro atoms. The summed E-state index contributed by atoms with van der Waals surface area (Å²) in [5.41, 5.74) is 0. The summed E-state index contributed by atoms with van der Waals surface area (Å²) < 4.78 is 9.31. The van der Waals surface area contributed by atoms with Gasteiger partial charge in [0, 0.05) is 0 Å². The first-order valence-electron chi connectivity index (χ1n) is 6.51. The molecule has 0 aliphatic carbocycles. The maximum Gasteiger partial charge on any atom is 0.192 e. The predicted molar refractivity (Wildman–Crippen MR) is 87.3 cm³/mol. The van der Waals surface area contributed by atoms with Crippen LogP contribution in [0.3, 0.4) is 0 Å². The van der Waals surface area contributed by atoms with Gasteiger partial charge >= 0.3 is 0 Å². The topological polar surface area (TPSA) is 27.1 Å². The third-order valence-electron chi connectivity index (χ3n) is 3.88. The van der Waals surface area contributed by atoms with E-state index in [4.69, 9.17) is 16.0 Å². The molecule has 0 saturated carbocycles. The minimum atomic E-state index is -1.71. The molecule has 1 atom stereocenters. The zero-order valence-corrected chi connectivity index (χ0v) is 16.0. The summed E-state index contributed by atoms with van der Waals surface area (Å²) in [6, 6.07) is 0.222. The van der Waals surface area contributed by atoms with Crippen molar-refractivity contribution in [2.75, 3.05) is 6.61 Å². The fraction of sp³-hybridized carbons (Fsp3) is 0.769. The van der Waals surface area contributed by atoms with Crippen molar-refractivity contribution < 1.29 is 4.43 Å². The summed E-state index contributed by atoms with van der Waals surface area (Å²) in [6.07, 6.45) is 1.79. The molecule has 3 nitrogen and oxygen atoms in total. The second-order valence-electron chi connectivity index (χ2n) is 6.42. The van der Waals surface area contributed by atoms with Gasteiger partial charge < -0.3 is 8.99 Å². The lowest BCUT2D eigenvalue weighted by atomic mass is 10.2. The molecule has 0 amide bonds. The first kappa shape index (κ1) is 17.2. The Balaban J connectivity index is 2.76. The molecule has 0 fully saturated rings. The van der Waals surface area contributed by atoms with Gasteiger partial charge in [-0.25, -0.2) is 4.98 Å². The van der Waals surface area contributed by atoms with Gasteiger partial charge in [0.2, 0.25) is 0 Å². The summed E-state index contributed by atoms with van der Waals surface area (Å²) >= 11 is 9.43. The summed E-state index contributed by atoms with van der Waals surface area (Å²) in [5.74, 6) is 1.29. The third-order valence-corrected chi connectivity index (χ3v) is 9.21. The van der Waals surface area contributed by atoms with Crippen LogP contribution in [-0.2, 0) is 10.3 Å². The first-order chi connectivity index (χ1) is 8.60. The molecule has 0 aliphatic heterocycles. The van der Waals surface area contributed by atoms with E-state index < -0.39 is 8.32 Å². The van der Waals surface area contributed by atoms with E-state index >= 15 is 0 Å². The minimum absolute atomic E-state index is 0.222. The molecule has 1 unspecified atom stereocenters. The van der Waals surface area contributed by atoms with E-state index in [1.807, 2.05) is 0 Å². The standard InChI is InChI=1S/C13H24BrClN2OSi/c1-10(9-18-19(5,6)13(2,3)4)17-11(14)8-16-12(17)7-15/h8,10H,7,9H2,1-6H3. The lowest BCUT2D eigenvalue weighted by Crippen LogP contribution is -2.42. The van der Waals surface area contributed by atoms with Crippen molar-refractivity contribution in [3.8, 4) is 0 Å². The summed E-state index contributed by atoms with van der Waals surface area (Å²) in [6.45, 7) is 14.1. The Morgan fingerprint density at radius 2 is 2.05 bits per heavy atom. The summed E-state index contributed by atoms with van der Waals surface area (Å²) in [5, 5.41) is 0.230. The zero-order valence-electron chi connectivity index (χ0n) is 12.6. The Labute approximate surface area is 131 Å². The smallest absolute Gasteiger partial charge is 0.192 e. The van der Waals surface area contributed by atoms with Crippen molar-refractivity contribution in [1.29, 1.82) is 0 Å². The molecule has 0 radical (unpaired) electrons. The minimum Gasteiger partial charge on any atom is -0.415 e. The maximum absolute atomic E-state index is 6.26. The van der Waals surface area contributed by atoms with E-state index in [-0.39, 0.29) is 11.1 Å². The van der Waals surface area contributed by atoms with Crippen LogP contribution < -0.4 is 0 Å². The number of nitrogens with zero attached hydrogens (tertiary/aromatic N) is 2. The van der Waals surface area contributed by atoms with E-state index in [1.54, 1.807) is 6.20 Å². The van der Waals surface area contributed by atoms with Crippen molar-refractivity contribution in [2.45, 2.75) is 57.7 Å². The second kappa shape index (κ2) is 6.29. The summed E-state index contributed by atoms with van der Waals surface area (Å²) in [7, 11) is -1.71. The van der Waals surface area contributed by atoms with E-state index in [0.717, 1.165) is 10.4 Å². The zero-order chi connectivity index (χ0) is 14.8. The van der Waals surface area contributed by atoms with Crippen LogP contribution in [0.25, 0.3) is 0 Å². The van der Waals surface area contributed by atoms with Crippen molar-refractivity contribution in [2.24, 2.45) is 0 Å². The fourth-order valence-corrected chi connectivity index (χ4v) is 3.50. The van der Waals surface area contributed by atoms with Crippen LogP contribution in [0, 0.1) is 0 Å². The number of rotatable bonds is 5. The Hall–Kier alpha value is 0.157. The van der Waals surface area contributed by atoms with Crippen LogP contribution in [0.2, 0.25) is 18.1 Å². The summed E-state index contributed by atoms with van der Waals surface area (Å²) in [4.78, 5) is 4.29. The van der Waals surface area contributed by atoms with Gasteiger partial charge in [0.1, 0.15) is 10.4 Å². The number of halogens is 2. The second-order valence-corrected chi connectivity index (χ2v) is 12.3. The Morgan fingerprint density at radius 3 is 2.53 bits per heavy atom. The van der Waals surface area contributed by atoms with Crippen molar-refractivity contribution >= 4 is 35.8 Å². The monoisotopic (exact) mass is 366 g/mol. The van der Waals surface area contributed by atoms with Gasteiger partial charge in [-0.3, -0.25) is 0 Å². The van der Waals surface area contributed by atoms with Crippen molar-refractivity contribution in [3.05, 3.63) is 16.6 Å². The van der Waals surface area contributed by atoms with E-state index in [2.05, 4.69) is 66.3 Å². The number of hydrogen-bond acceptors (Lipinski definition) is 2. The number of aromatic nitrogens is 2. The number of alkyl halides is 1. The Bertz CT molecular complexity index is 429. The van der Waals surface area contributed by atoms with Crippen LogP contribution in [0.15, 0.2) is 10.8 Å². The highest BCUT2D eigenvalue weighted by molar-refractivity contribution is 9.10. The average Bonchev–Trinajstić information content (AvgIpc) is 2.66. The largest absolute Gasteiger partial charge is 0.415 e. The molecular weight excluding hydrogens is 344 g/mol. The van der Waals surface area contributed by atoms with Crippen LogP contribution >= 0.6 is 27.5 Å². The molecular formula is C13H24BrClN2OSi. The molecule has 6 heteroatoms. The van der Waals surface area contributed by atoms with Crippen molar-refractivity contribution in [1.82, 2.24) is 9.55 Å². The first-order valence-corrected chi connectivity index (χ1v) is 10.7. The molecule has 0 aliphatic rings. The molecule has 0 saturated heterocycles. The van der Waals surface area contributed by atoms with Crippen LogP contribution in [0.5, 0.6) is 0 Å². The molecule has 1 rings (SSSR count). The molecule has 110 valence electrons. The van der Waals surface area contributed by atoms with Gasteiger partial charge in [-0.05, 0) is 41.0 Å². The number of hydrogen-bond donors (Lipinski definition) is 0. The Morgan fingerprint density at radius 1 is 1.47 bits per heavy atom. The van der Waals surface area contributed by atoms with Crippen LogP contribution in [0.4, 0.5) is 0 Å². The lowest BCUT2D eigenvalue weighted by molar-refractivity contribution is 0.235. The molecule has 1 aromatic heterocycles. The average molecular weight is 368 g/mol. The molecule has 19 heavy (non-hydrogen) atoms. The van der Waals surface area contributed by atoms with E-state index in [1.165, 1.54) is 0 Å². The number of imidazole rings is 1.